The van der Waals surface area contributed by atoms with Crippen LogP contribution in [0.1, 0.15) is 55.5 Å². The number of benzene rings is 3. The molecule has 0 spiro atoms. The third-order valence-electron chi connectivity index (χ3n) is 7.61. The van der Waals surface area contributed by atoms with Crippen molar-refractivity contribution in [2.75, 3.05) is 0 Å². The molecule has 0 fully saturated rings. The van der Waals surface area contributed by atoms with Gasteiger partial charge in [0.05, 0.1) is 0 Å². The summed E-state index contributed by atoms with van der Waals surface area (Å²) >= 11 is 0. The maximum absolute atomic E-state index is 2.53. The largest absolute Gasteiger partial charge is 0.136 e. The Labute approximate surface area is 196 Å². The molecule has 163 valence electrons. The molecule has 0 N–H and O–H groups in total. The molecule has 1 unspecified atom stereocenters. The fourth-order valence-corrected chi connectivity index (χ4v) is 9.65. The maximum atomic E-state index is 2.53. The summed E-state index contributed by atoms with van der Waals surface area (Å²) in [6.07, 6.45) is 0. The number of hydrogen-bond acceptors (Lipinski definition) is 0. The number of aryl methyl sites for hydroxylation is 4. The van der Waals surface area contributed by atoms with E-state index in [4.69, 9.17) is 0 Å². The van der Waals surface area contributed by atoms with Crippen LogP contribution in [0.2, 0.25) is 5.04 Å². The maximum Gasteiger partial charge on any atom is 0.136 e. The number of allylic oxidation sites excluding steroid dienone is 4. The first-order valence-corrected chi connectivity index (χ1v) is 13.1. The highest BCUT2D eigenvalue weighted by Crippen LogP contribution is 2.58. The van der Waals surface area contributed by atoms with Crippen LogP contribution < -0.4 is 10.4 Å². The van der Waals surface area contributed by atoms with Gasteiger partial charge in [-0.15, -0.1) is 0 Å². The average molecular weight is 436 g/mol. The Kier molecular flexibility index (Phi) is 5.90. The van der Waals surface area contributed by atoms with E-state index in [-0.39, 0.29) is 5.04 Å². The molecule has 0 nitrogen and oxygen atoms in total. The number of hydrogen-bond donors (Lipinski definition) is 0. The molecule has 1 aliphatic rings. The van der Waals surface area contributed by atoms with Gasteiger partial charge < -0.3 is 0 Å². The second-order valence-corrected chi connectivity index (χ2v) is 12.6. The van der Waals surface area contributed by atoms with E-state index in [9.17, 15) is 0 Å². The fourth-order valence-electron chi connectivity index (χ4n) is 5.70. The van der Waals surface area contributed by atoms with Gasteiger partial charge in [0, 0.05) is 5.04 Å². The second-order valence-electron chi connectivity index (χ2n) is 9.75. The lowest BCUT2D eigenvalue weighted by Gasteiger charge is -2.40. The van der Waals surface area contributed by atoms with Crippen LogP contribution in [0, 0.1) is 27.7 Å². The summed E-state index contributed by atoms with van der Waals surface area (Å²) in [5.74, 6) is 0. The van der Waals surface area contributed by atoms with Gasteiger partial charge in [-0.05, 0) is 70.7 Å². The van der Waals surface area contributed by atoms with Gasteiger partial charge in [0.1, 0.15) is 8.80 Å². The van der Waals surface area contributed by atoms with E-state index in [1.807, 2.05) is 0 Å². The summed E-state index contributed by atoms with van der Waals surface area (Å²) in [5.41, 5.74) is 12.8. The van der Waals surface area contributed by atoms with Crippen LogP contribution in [0.4, 0.5) is 0 Å². The van der Waals surface area contributed by atoms with Crippen LogP contribution in [-0.4, -0.2) is 8.80 Å². The van der Waals surface area contributed by atoms with Crippen molar-refractivity contribution in [3.8, 4) is 0 Å². The minimum Gasteiger partial charge on any atom is -0.0623 e. The highest BCUT2D eigenvalue weighted by molar-refractivity contribution is 6.90. The topological polar surface area (TPSA) is 0 Å². The molecule has 4 rings (SSSR count). The molecule has 0 saturated heterocycles. The van der Waals surface area contributed by atoms with Gasteiger partial charge in [-0.1, -0.05) is 112 Å². The van der Waals surface area contributed by atoms with E-state index in [1.165, 1.54) is 60.5 Å². The van der Waals surface area contributed by atoms with Gasteiger partial charge in [0.2, 0.25) is 0 Å². The van der Waals surface area contributed by atoms with E-state index < -0.39 is 8.80 Å². The van der Waals surface area contributed by atoms with Crippen LogP contribution in [-0.2, 0) is 0 Å². The van der Waals surface area contributed by atoms with Gasteiger partial charge in [-0.2, -0.15) is 0 Å². The summed E-state index contributed by atoms with van der Waals surface area (Å²) in [5, 5.41) is 3.04. The average Bonchev–Trinajstić information content (AvgIpc) is 2.92. The zero-order valence-electron chi connectivity index (χ0n) is 20.9. The molecule has 0 aliphatic heterocycles. The van der Waals surface area contributed by atoms with Crippen LogP contribution >= 0.6 is 0 Å². The Morgan fingerprint density at radius 3 is 1.56 bits per heavy atom. The zero-order valence-corrected chi connectivity index (χ0v) is 21.9. The molecule has 0 bridgehead atoms. The Morgan fingerprint density at radius 1 is 0.594 bits per heavy atom. The lowest BCUT2D eigenvalue weighted by Crippen LogP contribution is -2.53. The molecule has 1 heteroatoms. The first-order valence-electron chi connectivity index (χ1n) is 11.6. The molecule has 32 heavy (non-hydrogen) atoms. The Morgan fingerprint density at radius 2 is 1.09 bits per heavy atom. The smallest absolute Gasteiger partial charge is 0.0623 e. The summed E-state index contributed by atoms with van der Waals surface area (Å²) in [6.45, 7) is 18.6. The molecule has 0 heterocycles. The summed E-state index contributed by atoms with van der Waals surface area (Å²) in [7, 11) is -1.19. The Bertz CT molecular complexity index is 1190. The summed E-state index contributed by atoms with van der Waals surface area (Å²) in [6, 6.07) is 25.3. The molecular formula is C31H35Si. The second kappa shape index (κ2) is 8.37. The Balaban J connectivity index is 2.08. The summed E-state index contributed by atoms with van der Waals surface area (Å²) < 4.78 is 0. The lowest BCUT2D eigenvalue weighted by molar-refractivity contribution is 0.901. The van der Waals surface area contributed by atoms with Crippen LogP contribution in [0.15, 0.2) is 83.4 Å². The molecular weight excluding hydrogens is 400 g/mol. The van der Waals surface area contributed by atoms with E-state index in [1.54, 1.807) is 0 Å². The zero-order chi connectivity index (χ0) is 23.2. The molecule has 1 radical (unpaired) electrons. The predicted octanol–water partition coefficient (Wildman–Crippen LogP) is 7.11. The standard InChI is InChI=1S/C31H35Si/c1-20-14-16-28(22(3)18-20)32(29-17-15-21(2)19-23(29)4)31(8)26(7)24(5)25(6)30(31)27-12-10-9-11-13-27/h9-19H,1-8H3. The van der Waals surface area contributed by atoms with Gasteiger partial charge in [-0.25, -0.2) is 0 Å². The lowest BCUT2D eigenvalue weighted by atomic mass is 9.90. The van der Waals surface area contributed by atoms with Crippen molar-refractivity contribution in [3.63, 3.8) is 0 Å². The SMILES string of the molecule is CC1=C(C)C(C)([Si](c2ccc(C)cc2C)c2ccc(C)cc2C)C(c2ccccc2)=C1C. The van der Waals surface area contributed by atoms with Crippen molar-refractivity contribution in [1.82, 2.24) is 0 Å². The van der Waals surface area contributed by atoms with Crippen molar-refractivity contribution in [3.05, 3.63) is 111 Å². The predicted molar refractivity (Wildman–Crippen MR) is 143 cm³/mol. The Hall–Kier alpha value is -2.64. The van der Waals surface area contributed by atoms with Gasteiger partial charge in [0.25, 0.3) is 0 Å². The van der Waals surface area contributed by atoms with E-state index >= 15 is 0 Å². The quantitative estimate of drug-likeness (QED) is 0.383. The molecule has 0 aromatic heterocycles. The third kappa shape index (κ3) is 3.53. The van der Waals surface area contributed by atoms with Gasteiger partial charge in [-0.3, -0.25) is 0 Å². The van der Waals surface area contributed by atoms with Crippen LogP contribution in [0.25, 0.3) is 5.57 Å². The number of rotatable bonds is 4. The van der Waals surface area contributed by atoms with Crippen molar-refractivity contribution in [1.29, 1.82) is 0 Å². The molecule has 3 aromatic carbocycles. The summed E-state index contributed by atoms with van der Waals surface area (Å²) in [4.78, 5) is 0. The van der Waals surface area contributed by atoms with Crippen molar-refractivity contribution >= 4 is 24.7 Å². The molecule has 0 saturated carbocycles. The molecule has 3 aromatic rings. The minimum atomic E-state index is -1.19. The monoisotopic (exact) mass is 435 g/mol. The van der Waals surface area contributed by atoms with E-state index in [0.717, 1.165) is 0 Å². The highest BCUT2D eigenvalue weighted by atomic mass is 28.3. The first-order chi connectivity index (χ1) is 15.2. The highest BCUT2D eigenvalue weighted by Gasteiger charge is 2.48. The minimum absolute atomic E-state index is 0.0276. The molecule has 1 aliphatic carbocycles. The molecule has 0 amide bonds. The van der Waals surface area contributed by atoms with Gasteiger partial charge in [0.15, 0.2) is 0 Å². The van der Waals surface area contributed by atoms with Crippen LogP contribution in [0.5, 0.6) is 0 Å². The third-order valence-corrected chi connectivity index (χ3v) is 11.4. The first kappa shape index (κ1) is 22.5. The van der Waals surface area contributed by atoms with Crippen LogP contribution in [0.3, 0.4) is 0 Å². The van der Waals surface area contributed by atoms with E-state index in [0.29, 0.717) is 0 Å². The normalized spacial score (nSPS) is 18.8. The molecule has 1 atom stereocenters. The fraction of sp³-hybridized carbons (Fsp3) is 0.290. The van der Waals surface area contributed by atoms with Gasteiger partial charge >= 0.3 is 0 Å². The van der Waals surface area contributed by atoms with Crippen molar-refractivity contribution in [2.45, 2.75) is 60.4 Å². The van der Waals surface area contributed by atoms with Crippen molar-refractivity contribution in [2.24, 2.45) is 0 Å². The van der Waals surface area contributed by atoms with Crippen molar-refractivity contribution < 1.29 is 0 Å². The van der Waals surface area contributed by atoms with E-state index in [2.05, 4.69) is 122 Å².